The van der Waals surface area contributed by atoms with Crippen molar-refractivity contribution >= 4 is 29.3 Å². The number of nitrogens with zero attached hydrogens (tertiary/aromatic N) is 1. The lowest BCUT2D eigenvalue weighted by molar-refractivity contribution is 0.101. The van der Waals surface area contributed by atoms with Crippen molar-refractivity contribution in [2.24, 2.45) is 0 Å². The lowest BCUT2D eigenvalue weighted by Crippen LogP contribution is -2.32. The number of hydrogen-bond acceptors (Lipinski definition) is 3. The van der Waals surface area contributed by atoms with Gasteiger partial charge in [0.05, 0.1) is 0 Å². The Morgan fingerprint density at radius 2 is 2.11 bits per heavy atom. The van der Waals surface area contributed by atoms with E-state index in [1.165, 1.54) is 6.92 Å². The summed E-state index contributed by atoms with van der Waals surface area (Å²) < 4.78 is 0. The fraction of sp³-hybridized carbons (Fsp3) is 0.429. The Bertz CT molecular complexity index is 449. The van der Waals surface area contributed by atoms with Crippen LogP contribution in [0.15, 0.2) is 24.3 Å². The molecule has 4 nitrogen and oxygen atoms in total. The molecule has 0 spiro atoms. The summed E-state index contributed by atoms with van der Waals surface area (Å²) in [5.74, 6) is 1.03. The van der Waals surface area contributed by atoms with Crippen molar-refractivity contribution in [1.82, 2.24) is 4.90 Å². The molecule has 0 atom stereocenters. The molecule has 0 bridgehead atoms. The molecule has 0 fully saturated rings. The van der Waals surface area contributed by atoms with Gasteiger partial charge in [0, 0.05) is 24.8 Å². The second-order valence-corrected chi connectivity index (χ2v) is 5.32. The maximum absolute atomic E-state index is 11.9. The molecule has 0 aliphatic heterocycles. The highest BCUT2D eigenvalue weighted by Gasteiger charge is 2.09. The number of hydrogen-bond donors (Lipinski definition) is 1. The third kappa shape index (κ3) is 5.34. The van der Waals surface area contributed by atoms with Crippen LogP contribution in [0.4, 0.5) is 10.5 Å². The van der Waals surface area contributed by atoms with Gasteiger partial charge in [-0.25, -0.2) is 4.79 Å². The summed E-state index contributed by atoms with van der Waals surface area (Å²) in [4.78, 5) is 24.8. The molecule has 1 N–H and O–H groups in total. The second kappa shape index (κ2) is 7.84. The maximum atomic E-state index is 11.9. The van der Waals surface area contributed by atoms with Crippen molar-refractivity contribution in [2.75, 3.05) is 30.9 Å². The maximum Gasteiger partial charge on any atom is 0.321 e. The predicted octanol–water partition coefficient (Wildman–Crippen LogP) is 3.11. The molecule has 1 aromatic rings. The van der Waals surface area contributed by atoms with Crippen molar-refractivity contribution in [2.45, 2.75) is 13.3 Å². The predicted molar refractivity (Wildman–Crippen MR) is 81.1 cm³/mol. The fourth-order valence-corrected chi connectivity index (χ4v) is 2.00. The zero-order valence-corrected chi connectivity index (χ0v) is 12.4. The van der Waals surface area contributed by atoms with Gasteiger partial charge < -0.3 is 10.2 Å². The molecule has 0 saturated heterocycles. The quantitative estimate of drug-likeness (QED) is 0.643. The number of amides is 2. The van der Waals surface area contributed by atoms with E-state index in [4.69, 9.17) is 0 Å². The summed E-state index contributed by atoms with van der Waals surface area (Å²) in [5.41, 5.74) is 1.25. The number of rotatable bonds is 6. The number of anilines is 1. The average Bonchev–Trinajstić information content (AvgIpc) is 2.39. The van der Waals surface area contributed by atoms with Crippen molar-refractivity contribution in [3.8, 4) is 0 Å². The Labute approximate surface area is 118 Å². The third-order valence-corrected chi connectivity index (χ3v) is 3.41. The minimum Gasteiger partial charge on any atom is -0.328 e. The van der Waals surface area contributed by atoms with Crippen LogP contribution in [0.5, 0.6) is 0 Å². The minimum absolute atomic E-state index is 0.00979. The number of carbonyl (C=O) groups excluding carboxylic acids is 2. The van der Waals surface area contributed by atoms with Crippen LogP contribution in [0, 0.1) is 0 Å². The van der Waals surface area contributed by atoms with Gasteiger partial charge in [0.25, 0.3) is 0 Å². The number of thioether (sulfide) groups is 1. The Balaban J connectivity index is 2.56. The van der Waals surface area contributed by atoms with Crippen LogP contribution in [0.25, 0.3) is 0 Å². The Morgan fingerprint density at radius 3 is 2.74 bits per heavy atom. The number of urea groups is 1. The molecule has 19 heavy (non-hydrogen) atoms. The van der Waals surface area contributed by atoms with E-state index < -0.39 is 0 Å². The first-order valence-electron chi connectivity index (χ1n) is 6.16. The minimum atomic E-state index is -0.151. The highest BCUT2D eigenvalue weighted by atomic mass is 32.2. The van der Waals surface area contributed by atoms with Gasteiger partial charge >= 0.3 is 6.03 Å². The first-order chi connectivity index (χ1) is 9.04. The van der Waals surface area contributed by atoms with E-state index in [-0.39, 0.29) is 11.8 Å². The molecule has 0 aliphatic carbocycles. The summed E-state index contributed by atoms with van der Waals surface area (Å²) in [6.45, 7) is 2.23. The summed E-state index contributed by atoms with van der Waals surface area (Å²) in [6.07, 6.45) is 3.02. The zero-order chi connectivity index (χ0) is 14.3. The Morgan fingerprint density at radius 1 is 1.37 bits per heavy atom. The topological polar surface area (TPSA) is 49.4 Å². The lowest BCUT2D eigenvalue weighted by atomic mass is 10.1. The van der Waals surface area contributed by atoms with Gasteiger partial charge in [-0.15, -0.1) is 0 Å². The second-order valence-electron chi connectivity index (χ2n) is 4.34. The van der Waals surface area contributed by atoms with E-state index >= 15 is 0 Å². The van der Waals surface area contributed by atoms with E-state index in [9.17, 15) is 9.59 Å². The van der Waals surface area contributed by atoms with Gasteiger partial charge in [0.1, 0.15) is 0 Å². The Hall–Kier alpha value is -1.49. The first kappa shape index (κ1) is 15.6. The van der Waals surface area contributed by atoms with Crippen LogP contribution in [-0.2, 0) is 0 Å². The number of nitrogens with one attached hydrogen (secondary N) is 1. The fourth-order valence-electron chi connectivity index (χ4n) is 1.58. The number of Topliss-reactive ketones (excluding diaryl/α,β-unsaturated/α-hetero) is 1. The summed E-state index contributed by atoms with van der Waals surface area (Å²) in [7, 11) is 1.77. The van der Waals surface area contributed by atoms with Gasteiger partial charge in [0.15, 0.2) is 5.78 Å². The van der Waals surface area contributed by atoms with Gasteiger partial charge in [0.2, 0.25) is 0 Å². The van der Waals surface area contributed by atoms with Crippen LogP contribution in [0.1, 0.15) is 23.7 Å². The monoisotopic (exact) mass is 280 g/mol. The van der Waals surface area contributed by atoms with Crippen LogP contribution >= 0.6 is 11.8 Å². The van der Waals surface area contributed by atoms with E-state index in [2.05, 4.69) is 5.32 Å². The van der Waals surface area contributed by atoms with E-state index in [0.29, 0.717) is 11.3 Å². The van der Waals surface area contributed by atoms with Crippen molar-refractivity contribution in [3.05, 3.63) is 29.8 Å². The van der Waals surface area contributed by atoms with Crippen molar-refractivity contribution < 1.29 is 9.59 Å². The summed E-state index contributed by atoms with van der Waals surface area (Å²) >= 11 is 1.77. The smallest absolute Gasteiger partial charge is 0.321 e. The average molecular weight is 280 g/mol. The molecule has 0 heterocycles. The molecular formula is C14H20N2O2S. The SMILES string of the molecule is CSCCCN(C)C(=O)Nc1cccc(C(C)=O)c1. The molecule has 0 radical (unpaired) electrons. The van der Waals surface area contributed by atoms with Crippen LogP contribution in [0.3, 0.4) is 0 Å². The molecule has 1 rings (SSSR count). The Kier molecular flexibility index (Phi) is 6.42. The molecule has 0 aliphatic rings. The zero-order valence-electron chi connectivity index (χ0n) is 11.6. The number of carbonyl (C=O) groups is 2. The van der Waals surface area contributed by atoms with Crippen LogP contribution in [-0.4, -0.2) is 42.3 Å². The molecule has 104 valence electrons. The molecule has 1 aromatic carbocycles. The van der Waals surface area contributed by atoms with Gasteiger partial charge in [-0.05, 0) is 37.5 Å². The standard InChI is InChI=1S/C14H20N2O2S/c1-11(17)12-6-4-7-13(10-12)15-14(18)16(2)8-5-9-19-3/h4,6-7,10H,5,8-9H2,1-3H3,(H,15,18). The molecular weight excluding hydrogens is 260 g/mol. The van der Waals surface area contributed by atoms with Crippen molar-refractivity contribution in [3.63, 3.8) is 0 Å². The molecule has 0 aromatic heterocycles. The van der Waals surface area contributed by atoms with Gasteiger partial charge in [-0.2, -0.15) is 11.8 Å². The molecule has 0 unspecified atom stereocenters. The number of benzene rings is 1. The van der Waals surface area contributed by atoms with E-state index in [1.807, 2.05) is 6.26 Å². The van der Waals surface area contributed by atoms with Gasteiger partial charge in [-0.1, -0.05) is 12.1 Å². The van der Waals surface area contributed by atoms with Crippen LogP contribution < -0.4 is 5.32 Å². The molecule has 5 heteroatoms. The van der Waals surface area contributed by atoms with Gasteiger partial charge in [-0.3, -0.25) is 4.79 Å². The van der Waals surface area contributed by atoms with Crippen molar-refractivity contribution in [1.29, 1.82) is 0 Å². The number of ketones is 1. The normalized spacial score (nSPS) is 10.1. The summed E-state index contributed by atoms with van der Waals surface area (Å²) in [5, 5.41) is 2.79. The molecule has 0 saturated carbocycles. The third-order valence-electron chi connectivity index (χ3n) is 2.71. The lowest BCUT2D eigenvalue weighted by Gasteiger charge is -2.17. The summed E-state index contributed by atoms with van der Waals surface area (Å²) in [6, 6.07) is 6.82. The van der Waals surface area contributed by atoms with Crippen LogP contribution in [0.2, 0.25) is 0 Å². The van der Waals surface area contributed by atoms with E-state index in [0.717, 1.165) is 18.7 Å². The highest BCUT2D eigenvalue weighted by Crippen LogP contribution is 2.12. The molecule has 2 amide bonds. The van der Waals surface area contributed by atoms with E-state index in [1.54, 1.807) is 48.0 Å². The highest BCUT2D eigenvalue weighted by molar-refractivity contribution is 7.98. The largest absolute Gasteiger partial charge is 0.328 e. The first-order valence-corrected chi connectivity index (χ1v) is 7.56.